The zero-order valence-corrected chi connectivity index (χ0v) is 16.1. The van der Waals surface area contributed by atoms with E-state index < -0.39 is 0 Å². The molecule has 0 unspecified atom stereocenters. The molecular formula is C23H21ClN2O2. The standard InChI is InChI=1S/C23H21ClN2O2/c24-19-12-5-13-20(21(19)23(28)25-14-15-6-3-7-15)26-22(27)18-11-4-9-16-8-1-2-10-17(16)18/h1-2,4-5,8-13,15H,3,6-7,14H2,(H,25,28)(H,26,27). The van der Waals surface area contributed by atoms with Gasteiger partial charge < -0.3 is 10.6 Å². The summed E-state index contributed by atoms with van der Waals surface area (Å²) in [7, 11) is 0. The van der Waals surface area contributed by atoms with Crippen LogP contribution in [0.4, 0.5) is 5.69 Å². The van der Waals surface area contributed by atoms with E-state index in [1.165, 1.54) is 6.42 Å². The third-order valence-electron chi connectivity index (χ3n) is 5.30. The van der Waals surface area contributed by atoms with E-state index in [-0.39, 0.29) is 11.8 Å². The predicted octanol–water partition coefficient (Wildman–Crippen LogP) is 5.28. The highest BCUT2D eigenvalue weighted by Gasteiger charge is 2.22. The second-order valence-electron chi connectivity index (χ2n) is 7.15. The van der Waals surface area contributed by atoms with E-state index in [0.717, 1.165) is 23.6 Å². The Kier molecular flexibility index (Phi) is 5.31. The Labute approximate surface area is 168 Å². The lowest BCUT2D eigenvalue weighted by molar-refractivity contribution is 0.0940. The average Bonchev–Trinajstić information content (AvgIpc) is 2.66. The molecule has 0 bridgehead atoms. The number of fused-ring (bicyclic) bond motifs is 1. The number of carbonyl (C=O) groups excluding carboxylic acids is 2. The van der Waals surface area contributed by atoms with Gasteiger partial charge in [0.1, 0.15) is 0 Å². The molecule has 3 aromatic carbocycles. The molecule has 142 valence electrons. The van der Waals surface area contributed by atoms with Gasteiger partial charge in [-0.2, -0.15) is 0 Å². The average molecular weight is 393 g/mol. The summed E-state index contributed by atoms with van der Waals surface area (Å²) in [6.45, 7) is 0.640. The molecular weight excluding hydrogens is 372 g/mol. The van der Waals surface area contributed by atoms with E-state index in [9.17, 15) is 9.59 Å². The summed E-state index contributed by atoms with van der Waals surface area (Å²) in [4.78, 5) is 25.7. The molecule has 0 radical (unpaired) electrons. The highest BCUT2D eigenvalue weighted by atomic mass is 35.5. The lowest BCUT2D eigenvalue weighted by Crippen LogP contribution is -2.33. The van der Waals surface area contributed by atoms with Crippen molar-refractivity contribution in [2.45, 2.75) is 19.3 Å². The summed E-state index contributed by atoms with van der Waals surface area (Å²) in [5, 5.41) is 7.99. The van der Waals surface area contributed by atoms with E-state index in [1.807, 2.05) is 36.4 Å². The van der Waals surface area contributed by atoms with Gasteiger partial charge in [-0.3, -0.25) is 9.59 Å². The van der Waals surface area contributed by atoms with Crippen molar-refractivity contribution >= 4 is 39.9 Å². The zero-order valence-electron chi connectivity index (χ0n) is 15.4. The summed E-state index contributed by atoms with van der Waals surface area (Å²) in [6.07, 6.45) is 3.51. The van der Waals surface area contributed by atoms with Gasteiger partial charge in [0.05, 0.1) is 16.3 Å². The van der Waals surface area contributed by atoms with Crippen LogP contribution < -0.4 is 10.6 Å². The van der Waals surface area contributed by atoms with E-state index >= 15 is 0 Å². The first-order valence-corrected chi connectivity index (χ1v) is 9.87. The third kappa shape index (κ3) is 3.73. The number of anilines is 1. The molecule has 4 rings (SSSR count). The second kappa shape index (κ2) is 8.03. The maximum Gasteiger partial charge on any atom is 0.256 e. The molecule has 28 heavy (non-hydrogen) atoms. The largest absolute Gasteiger partial charge is 0.352 e. The lowest BCUT2D eigenvalue weighted by atomic mass is 9.85. The summed E-state index contributed by atoms with van der Waals surface area (Å²) < 4.78 is 0. The van der Waals surface area contributed by atoms with Crippen LogP contribution in [-0.4, -0.2) is 18.4 Å². The maximum atomic E-state index is 12.9. The van der Waals surface area contributed by atoms with Crippen LogP contribution in [-0.2, 0) is 0 Å². The van der Waals surface area contributed by atoms with E-state index in [0.29, 0.717) is 34.3 Å². The Balaban J connectivity index is 1.59. The van der Waals surface area contributed by atoms with Crippen LogP contribution >= 0.6 is 11.6 Å². The molecule has 4 nitrogen and oxygen atoms in total. The van der Waals surface area contributed by atoms with Crippen molar-refractivity contribution < 1.29 is 9.59 Å². The van der Waals surface area contributed by atoms with Crippen molar-refractivity contribution in [2.24, 2.45) is 5.92 Å². The van der Waals surface area contributed by atoms with Crippen molar-refractivity contribution in [3.63, 3.8) is 0 Å². The highest BCUT2D eigenvalue weighted by molar-refractivity contribution is 6.35. The molecule has 3 aromatic rings. The molecule has 1 saturated carbocycles. The van der Waals surface area contributed by atoms with Gasteiger partial charge in [0, 0.05) is 12.1 Å². The fourth-order valence-corrected chi connectivity index (χ4v) is 3.75. The van der Waals surface area contributed by atoms with Crippen LogP contribution in [0.15, 0.2) is 60.7 Å². The molecule has 1 aliphatic carbocycles. The van der Waals surface area contributed by atoms with Gasteiger partial charge in [0.15, 0.2) is 0 Å². The Hall–Kier alpha value is -2.85. The summed E-state index contributed by atoms with van der Waals surface area (Å²) in [5.41, 5.74) is 1.27. The van der Waals surface area contributed by atoms with E-state index in [2.05, 4.69) is 10.6 Å². The number of amides is 2. The molecule has 2 N–H and O–H groups in total. The number of nitrogens with one attached hydrogen (secondary N) is 2. The smallest absolute Gasteiger partial charge is 0.256 e. The van der Waals surface area contributed by atoms with Crippen molar-refractivity contribution in [1.29, 1.82) is 0 Å². The van der Waals surface area contributed by atoms with Gasteiger partial charge in [0.25, 0.3) is 11.8 Å². The van der Waals surface area contributed by atoms with Crippen molar-refractivity contribution in [1.82, 2.24) is 5.32 Å². The lowest BCUT2D eigenvalue weighted by Gasteiger charge is -2.25. The third-order valence-corrected chi connectivity index (χ3v) is 5.61. The molecule has 0 spiro atoms. The van der Waals surface area contributed by atoms with Crippen LogP contribution in [0.3, 0.4) is 0 Å². The summed E-state index contributed by atoms with van der Waals surface area (Å²) in [5.74, 6) is 0.0120. The number of benzene rings is 3. The van der Waals surface area contributed by atoms with Crippen molar-refractivity contribution in [3.05, 3.63) is 76.8 Å². The first-order chi connectivity index (χ1) is 13.6. The Morgan fingerprint density at radius 2 is 1.68 bits per heavy atom. The first kappa shape index (κ1) is 18.5. The van der Waals surface area contributed by atoms with Gasteiger partial charge in [0.2, 0.25) is 0 Å². The normalized spacial score (nSPS) is 13.8. The Morgan fingerprint density at radius 3 is 2.46 bits per heavy atom. The van der Waals surface area contributed by atoms with Crippen LogP contribution in [0.25, 0.3) is 10.8 Å². The van der Waals surface area contributed by atoms with Crippen LogP contribution in [0.5, 0.6) is 0 Å². The molecule has 0 aliphatic heterocycles. The van der Waals surface area contributed by atoms with Crippen LogP contribution in [0.2, 0.25) is 5.02 Å². The molecule has 0 aromatic heterocycles. The van der Waals surface area contributed by atoms with E-state index in [1.54, 1.807) is 24.3 Å². The molecule has 2 amide bonds. The van der Waals surface area contributed by atoms with Gasteiger partial charge in [-0.1, -0.05) is 60.5 Å². The molecule has 0 atom stereocenters. The molecule has 5 heteroatoms. The number of hydrogen-bond acceptors (Lipinski definition) is 2. The monoisotopic (exact) mass is 392 g/mol. The Bertz CT molecular complexity index is 1040. The molecule has 0 saturated heterocycles. The number of halogens is 1. The number of hydrogen-bond donors (Lipinski definition) is 2. The molecule has 1 aliphatic rings. The second-order valence-corrected chi connectivity index (χ2v) is 7.56. The zero-order chi connectivity index (χ0) is 19.5. The van der Waals surface area contributed by atoms with Crippen LogP contribution in [0.1, 0.15) is 40.0 Å². The van der Waals surface area contributed by atoms with E-state index in [4.69, 9.17) is 11.6 Å². The number of carbonyl (C=O) groups is 2. The minimum absolute atomic E-state index is 0.259. The first-order valence-electron chi connectivity index (χ1n) is 9.49. The number of rotatable bonds is 5. The van der Waals surface area contributed by atoms with Gasteiger partial charge in [-0.15, -0.1) is 0 Å². The fourth-order valence-electron chi connectivity index (χ4n) is 3.49. The molecule has 0 heterocycles. The minimum atomic E-state index is -0.271. The molecule has 1 fully saturated rings. The van der Waals surface area contributed by atoms with Crippen molar-refractivity contribution in [3.8, 4) is 0 Å². The summed E-state index contributed by atoms with van der Waals surface area (Å²) >= 11 is 6.30. The topological polar surface area (TPSA) is 58.2 Å². The summed E-state index contributed by atoms with van der Waals surface area (Å²) in [6, 6.07) is 18.4. The van der Waals surface area contributed by atoms with Crippen molar-refractivity contribution in [2.75, 3.05) is 11.9 Å². The SMILES string of the molecule is O=C(NCC1CCC1)c1c(Cl)cccc1NC(=O)c1cccc2ccccc12. The minimum Gasteiger partial charge on any atom is -0.352 e. The van der Waals surface area contributed by atoms with Gasteiger partial charge in [-0.05, 0) is 47.7 Å². The van der Waals surface area contributed by atoms with Crippen LogP contribution in [0, 0.1) is 5.92 Å². The van der Waals surface area contributed by atoms with Gasteiger partial charge >= 0.3 is 0 Å². The highest BCUT2D eigenvalue weighted by Crippen LogP contribution is 2.28. The quantitative estimate of drug-likeness (QED) is 0.621. The maximum absolute atomic E-state index is 12.9. The fraction of sp³-hybridized carbons (Fsp3) is 0.217. The van der Waals surface area contributed by atoms with Gasteiger partial charge in [-0.25, -0.2) is 0 Å². The predicted molar refractivity (Wildman–Crippen MR) is 113 cm³/mol. The Morgan fingerprint density at radius 1 is 0.929 bits per heavy atom.